The molecule has 0 saturated carbocycles. The summed E-state index contributed by atoms with van der Waals surface area (Å²) in [6, 6.07) is 0.145. The lowest BCUT2D eigenvalue weighted by Crippen LogP contribution is -2.43. The monoisotopic (exact) mass is 272 g/mol. The molecule has 1 aromatic heterocycles. The van der Waals surface area contributed by atoms with E-state index in [0.717, 1.165) is 11.3 Å². The first-order valence-corrected chi connectivity index (χ1v) is 5.76. The summed E-state index contributed by atoms with van der Waals surface area (Å²) in [6.45, 7) is 0. The number of hydrogen-bond acceptors (Lipinski definition) is 5. The number of carbonyl (C=O) groups excluding carboxylic acids is 2. The molecule has 0 aliphatic carbocycles. The molecular formula is C10H12N2O5S. The third kappa shape index (κ3) is 3.74. The Balaban J connectivity index is 2.71. The predicted molar refractivity (Wildman–Crippen MR) is 63.6 cm³/mol. The molecule has 7 nitrogen and oxygen atoms in total. The number of nitrogens with two attached hydrogens (primary N) is 1. The molecule has 0 radical (unpaired) electrons. The maximum atomic E-state index is 11.7. The Morgan fingerprint density at radius 3 is 2.67 bits per heavy atom. The normalized spacial score (nSPS) is 11.6. The van der Waals surface area contributed by atoms with Crippen LogP contribution in [0.4, 0.5) is 0 Å². The molecule has 1 rings (SSSR count). The largest absolute Gasteiger partial charge is 0.496 e. The van der Waals surface area contributed by atoms with Crippen LogP contribution in [0.1, 0.15) is 16.1 Å². The van der Waals surface area contributed by atoms with Gasteiger partial charge in [0.2, 0.25) is 5.91 Å². The van der Waals surface area contributed by atoms with E-state index in [2.05, 4.69) is 5.32 Å². The van der Waals surface area contributed by atoms with Gasteiger partial charge < -0.3 is 20.9 Å². The number of carboxylic acid groups (broad SMARTS) is 1. The van der Waals surface area contributed by atoms with Crippen LogP contribution in [0.5, 0.6) is 5.75 Å². The van der Waals surface area contributed by atoms with E-state index in [1.54, 1.807) is 5.38 Å². The first-order chi connectivity index (χ1) is 8.43. The van der Waals surface area contributed by atoms with Crippen molar-refractivity contribution >= 4 is 29.1 Å². The van der Waals surface area contributed by atoms with E-state index in [-0.39, 0.29) is 0 Å². The third-order valence-corrected chi connectivity index (χ3v) is 2.95. The molecule has 2 amide bonds. The van der Waals surface area contributed by atoms with Crippen LogP contribution in [0, 0.1) is 0 Å². The number of primary amides is 1. The molecule has 0 saturated heterocycles. The van der Waals surface area contributed by atoms with Crippen LogP contribution >= 0.6 is 11.3 Å². The Kier molecular flexibility index (Phi) is 4.67. The number of nitrogens with one attached hydrogen (secondary N) is 1. The highest BCUT2D eigenvalue weighted by molar-refractivity contribution is 7.12. The lowest BCUT2D eigenvalue weighted by molar-refractivity contribution is -0.140. The smallest absolute Gasteiger partial charge is 0.326 e. The van der Waals surface area contributed by atoms with E-state index in [0.29, 0.717) is 10.6 Å². The van der Waals surface area contributed by atoms with E-state index in [1.165, 1.54) is 13.2 Å². The fourth-order valence-electron chi connectivity index (χ4n) is 1.18. The number of thiophene rings is 1. The van der Waals surface area contributed by atoms with Crippen LogP contribution in [-0.2, 0) is 9.59 Å². The number of ether oxygens (including phenoxy) is 1. The summed E-state index contributed by atoms with van der Waals surface area (Å²) < 4.78 is 4.90. The minimum absolute atomic E-state index is 0.294. The zero-order valence-electron chi connectivity index (χ0n) is 9.50. The zero-order chi connectivity index (χ0) is 13.7. The van der Waals surface area contributed by atoms with Gasteiger partial charge in [-0.1, -0.05) is 0 Å². The lowest BCUT2D eigenvalue weighted by atomic mass is 10.2. The van der Waals surface area contributed by atoms with Gasteiger partial charge in [-0.3, -0.25) is 9.59 Å². The molecule has 0 fully saturated rings. The Morgan fingerprint density at radius 2 is 2.22 bits per heavy atom. The fraction of sp³-hybridized carbons (Fsp3) is 0.300. The van der Waals surface area contributed by atoms with Gasteiger partial charge in [-0.25, -0.2) is 4.79 Å². The number of amides is 2. The summed E-state index contributed by atoms with van der Waals surface area (Å²) in [5, 5.41) is 12.7. The molecule has 0 aliphatic heterocycles. The van der Waals surface area contributed by atoms with E-state index in [9.17, 15) is 14.4 Å². The van der Waals surface area contributed by atoms with Crippen molar-refractivity contribution in [3.05, 3.63) is 16.3 Å². The van der Waals surface area contributed by atoms with Crippen molar-refractivity contribution in [3.8, 4) is 5.75 Å². The van der Waals surface area contributed by atoms with Crippen molar-refractivity contribution in [1.29, 1.82) is 0 Å². The Hall–Kier alpha value is -2.09. The van der Waals surface area contributed by atoms with Gasteiger partial charge in [0.05, 0.1) is 18.4 Å². The zero-order valence-corrected chi connectivity index (χ0v) is 10.3. The molecule has 1 aromatic rings. The SMILES string of the molecule is COc1csc(C(=O)N[C@H](CC(N)=O)C(=O)O)c1. The Labute approximate surface area is 107 Å². The number of rotatable bonds is 6. The number of carbonyl (C=O) groups is 3. The second-order valence-corrected chi connectivity index (χ2v) is 4.30. The molecule has 4 N–H and O–H groups in total. The van der Waals surface area contributed by atoms with E-state index < -0.39 is 30.2 Å². The minimum atomic E-state index is -1.33. The average molecular weight is 272 g/mol. The quantitative estimate of drug-likeness (QED) is 0.663. The number of carboxylic acids is 1. The first-order valence-electron chi connectivity index (χ1n) is 4.88. The molecule has 0 aromatic carbocycles. The Bertz CT molecular complexity index is 471. The van der Waals surface area contributed by atoms with Crippen LogP contribution in [0.2, 0.25) is 0 Å². The first kappa shape index (κ1) is 14.0. The van der Waals surface area contributed by atoms with Crippen molar-refractivity contribution in [3.63, 3.8) is 0 Å². The van der Waals surface area contributed by atoms with Gasteiger partial charge in [-0.2, -0.15) is 0 Å². The van der Waals surface area contributed by atoms with Gasteiger partial charge in [0, 0.05) is 11.4 Å². The second kappa shape index (κ2) is 6.01. The summed E-state index contributed by atoms with van der Waals surface area (Å²) in [4.78, 5) is 33.5. The van der Waals surface area contributed by atoms with Crippen LogP contribution in [0.3, 0.4) is 0 Å². The summed E-state index contributed by atoms with van der Waals surface area (Å²) in [7, 11) is 1.46. The lowest BCUT2D eigenvalue weighted by Gasteiger charge is -2.11. The van der Waals surface area contributed by atoms with Crippen molar-refractivity contribution < 1.29 is 24.2 Å². The van der Waals surface area contributed by atoms with Gasteiger partial charge in [0.15, 0.2) is 0 Å². The number of aliphatic carboxylic acids is 1. The minimum Gasteiger partial charge on any atom is -0.496 e. The molecule has 0 spiro atoms. The molecule has 1 atom stereocenters. The van der Waals surface area contributed by atoms with E-state index in [4.69, 9.17) is 15.6 Å². The van der Waals surface area contributed by atoms with Gasteiger partial charge in [-0.05, 0) is 0 Å². The standard InChI is InChI=1S/C10H12N2O5S/c1-17-5-2-7(18-4-5)9(14)12-6(10(15)16)3-8(11)13/h2,4,6H,3H2,1H3,(H2,11,13)(H,12,14)(H,15,16)/t6-/m1/s1. The highest BCUT2D eigenvalue weighted by atomic mass is 32.1. The van der Waals surface area contributed by atoms with E-state index in [1.807, 2.05) is 0 Å². The summed E-state index contributed by atoms with van der Waals surface area (Å²) in [6.07, 6.45) is -0.455. The summed E-state index contributed by atoms with van der Waals surface area (Å²) in [5.74, 6) is -2.19. The molecular weight excluding hydrogens is 260 g/mol. The van der Waals surface area contributed by atoms with Crippen molar-refractivity contribution in [2.24, 2.45) is 5.73 Å². The van der Waals surface area contributed by atoms with Gasteiger partial charge in [0.1, 0.15) is 11.8 Å². The second-order valence-electron chi connectivity index (χ2n) is 3.39. The van der Waals surface area contributed by atoms with Gasteiger partial charge in [-0.15, -0.1) is 11.3 Å². The molecule has 0 aliphatic rings. The van der Waals surface area contributed by atoms with Gasteiger partial charge in [0.25, 0.3) is 5.91 Å². The molecule has 0 unspecified atom stereocenters. The molecule has 0 bridgehead atoms. The highest BCUT2D eigenvalue weighted by Gasteiger charge is 2.23. The highest BCUT2D eigenvalue weighted by Crippen LogP contribution is 2.20. The van der Waals surface area contributed by atoms with Crippen molar-refractivity contribution in [2.45, 2.75) is 12.5 Å². The molecule has 18 heavy (non-hydrogen) atoms. The number of methoxy groups -OCH3 is 1. The van der Waals surface area contributed by atoms with Crippen LogP contribution in [0.15, 0.2) is 11.4 Å². The maximum absolute atomic E-state index is 11.7. The van der Waals surface area contributed by atoms with Crippen molar-refractivity contribution in [2.75, 3.05) is 7.11 Å². The van der Waals surface area contributed by atoms with Gasteiger partial charge >= 0.3 is 5.97 Å². The average Bonchev–Trinajstić information content (AvgIpc) is 2.75. The topological polar surface area (TPSA) is 119 Å². The third-order valence-electron chi connectivity index (χ3n) is 2.04. The van der Waals surface area contributed by atoms with Crippen LogP contribution in [-0.4, -0.2) is 36.0 Å². The van der Waals surface area contributed by atoms with E-state index >= 15 is 0 Å². The Morgan fingerprint density at radius 1 is 1.56 bits per heavy atom. The predicted octanol–water partition coefficient (Wildman–Crippen LogP) is -0.185. The summed E-state index contributed by atoms with van der Waals surface area (Å²) in [5.41, 5.74) is 4.90. The maximum Gasteiger partial charge on any atom is 0.326 e. The van der Waals surface area contributed by atoms with Crippen molar-refractivity contribution in [1.82, 2.24) is 5.32 Å². The molecule has 8 heteroatoms. The fourth-order valence-corrected chi connectivity index (χ4v) is 1.93. The van der Waals surface area contributed by atoms with Crippen LogP contribution in [0.25, 0.3) is 0 Å². The number of hydrogen-bond donors (Lipinski definition) is 3. The molecule has 1 heterocycles. The van der Waals surface area contributed by atoms with Crippen LogP contribution < -0.4 is 15.8 Å². The summed E-state index contributed by atoms with van der Waals surface area (Å²) >= 11 is 1.11. The molecule has 98 valence electrons.